The predicted molar refractivity (Wildman–Crippen MR) is 48.6 cm³/mol. The Hall–Kier alpha value is -1.43. The third kappa shape index (κ3) is 1.32. The number of rotatable bonds is 2. The molecule has 2 rings (SSSR count). The van der Waals surface area contributed by atoms with Crippen molar-refractivity contribution in [1.29, 1.82) is 0 Å². The molecule has 1 aromatic rings. The van der Waals surface area contributed by atoms with Crippen LogP contribution in [0.4, 0.5) is 0 Å². The Kier molecular flexibility index (Phi) is 2.22. The summed E-state index contributed by atoms with van der Waals surface area (Å²) in [5, 5.41) is 22.2. The number of aromatic nitrogens is 1. The van der Waals surface area contributed by atoms with E-state index in [1.807, 2.05) is 0 Å². The maximum atomic E-state index is 10.9. The van der Waals surface area contributed by atoms with Gasteiger partial charge in [0.15, 0.2) is 0 Å². The Morgan fingerprint density at radius 1 is 1.27 bits per heavy atom. The molecule has 15 heavy (non-hydrogen) atoms. The van der Waals surface area contributed by atoms with Crippen LogP contribution in [0.2, 0.25) is 0 Å². The van der Waals surface area contributed by atoms with Crippen LogP contribution in [-0.2, 0) is 6.54 Å². The van der Waals surface area contributed by atoms with Gasteiger partial charge in [0.25, 0.3) is 0 Å². The average molecular weight is 225 g/mol. The molecule has 0 radical (unpaired) electrons. The van der Waals surface area contributed by atoms with E-state index in [0.29, 0.717) is 17.3 Å². The van der Waals surface area contributed by atoms with Crippen LogP contribution >= 0.6 is 11.8 Å². The highest BCUT2D eigenvalue weighted by molar-refractivity contribution is 7.99. The number of hydrogen-bond acceptors (Lipinski definition) is 5. The SMILES string of the molecule is Cc1c(C(=O)[O-])c(C(=O)[O-])c2n1CCS2. The fourth-order valence-electron chi connectivity index (χ4n) is 1.80. The molecule has 1 aliphatic heterocycles. The highest BCUT2D eigenvalue weighted by Crippen LogP contribution is 2.35. The minimum absolute atomic E-state index is 0.241. The van der Waals surface area contributed by atoms with Gasteiger partial charge in [-0.05, 0) is 6.92 Å². The van der Waals surface area contributed by atoms with Gasteiger partial charge in [-0.3, -0.25) is 0 Å². The fourth-order valence-corrected chi connectivity index (χ4v) is 2.98. The maximum Gasteiger partial charge on any atom is 0.0850 e. The second-order valence-corrected chi connectivity index (χ2v) is 4.30. The average Bonchev–Trinajstić information content (AvgIpc) is 2.66. The van der Waals surface area contributed by atoms with Crippen molar-refractivity contribution >= 4 is 23.7 Å². The molecule has 1 aromatic heterocycles. The first-order chi connectivity index (χ1) is 7.04. The van der Waals surface area contributed by atoms with Crippen molar-refractivity contribution in [1.82, 2.24) is 4.57 Å². The van der Waals surface area contributed by atoms with Gasteiger partial charge in [-0.15, -0.1) is 11.8 Å². The zero-order valence-corrected chi connectivity index (χ0v) is 8.72. The smallest absolute Gasteiger partial charge is 0.0850 e. The number of carbonyl (C=O) groups excluding carboxylic acids is 2. The van der Waals surface area contributed by atoms with E-state index in [2.05, 4.69) is 0 Å². The van der Waals surface area contributed by atoms with E-state index in [0.717, 1.165) is 5.75 Å². The topological polar surface area (TPSA) is 85.2 Å². The standard InChI is InChI=1S/C9H9NO4S/c1-4-5(8(11)12)6(9(13)14)7-10(4)2-3-15-7/h2-3H2,1H3,(H,11,12)(H,13,14)/p-2. The van der Waals surface area contributed by atoms with Gasteiger partial charge in [0.1, 0.15) is 0 Å². The van der Waals surface area contributed by atoms with E-state index >= 15 is 0 Å². The number of carboxylic acid groups (broad SMARTS) is 2. The largest absolute Gasteiger partial charge is 0.545 e. The molecule has 1 aliphatic rings. The van der Waals surface area contributed by atoms with E-state index in [4.69, 9.17) is 0 Å². The number of carboxylic acids is 2. The quantitative estimate of drug-likeness (QED) is 0.620. The molecule has 0 saturated heterocycles. The van der Waals surface area contributed by atoms with Gasteiger partial charge < -0.3 is 24.4 Å². The van der Waals surface area contributed by atoms with E-state index in [1.54, 1.807) is 11.5 Å². The van der Waals surface area contributed by atoms with Gasteiger partial charge in [0.2, 0.25) is 0 Å². The van der Waals surface area contributed by atoms with E-state index < -0.39 is 11.9 Å². The minimum Gasteiger partial charge on any atom is -0.545 e. The van der Waals surface area contributed by atoms with Crippen LogP contribution in [-0.4, -0.2) is 22.3 Å². The second-order valence-electron chi connectivity index (χ2n) is 3.22. The van der Waals surface area contributed by atoms with Crippen LogP contribution in [0.5, 0.6) is 0 Å². The molecule has 2 heterocycles. The molecular formula is C9H7NO4S-2. The van der Waals surface area contributed by atoms with Gasteiger partial charge >= 0.3 is 0 Å². The molecule has 6 heteroatoms. The molecule has 80 valence electrons. The number of carbonyl (C=O) groups is 2. The second kappa shape index (κ2) is 3.30. The molecule has 0 saturated carbocycles. The summed E-state index contributed by atoms with van der Waals surface area (Å²) in [4.78, 5) is 21.7. The van der Waals surface area contributed by atoms with E-state index in [-0.39, 0.29) is 11.1 Å². The van der Waals surface area contributed by atoms with Gasteiger partial charge in [-0.25, -0.2) is 0 Å². The monoisotopic (exact) mass is 225 g/mol. The number of nitrogens with zero attached hydrogens (tertiary/aromatic N) is 1. The molecule has 0 fully saturated rings. The van der Waals surface area contributed by atoms with Crippen molar-refractivity contribution in [3.05, 3.63) is 16.8 Å². The first kappa shape index (κ1) is 10.1. The minimum atomic E-state index is -1.46. The first-order valence-corrected chi connectivity index (χ1v) is 5.31. The molecule has 0 atom stereocenters. The zero-order valence-electron chi connectivity index (χ0n) is 7.90. The van der Waals surface area contributed by atoms with Crippen LogP contribution in [0.1, 0.15) is 26.4 Å². The summed E-state index contributed by atoms with van der Waals surface area (Å²) in [7, 11) is 0. The lowest BCUT2D eigenvalue weighted by molar-refractivity contribution is -0.259. The molecule has 0 spiro atoms. The fraction of sp³-hybridized carbons (Fsp3) is 0.333. The van der Waals surface area contributed by atoms with Crippen molar-refractivity contribution < 1.29 is 19.8 Å². The molecule has 0 unspecified atom stereocenters. The number of aromatic carboxylic acids is 2. The van der Waals surface area contributed by atoms with Crippen molar-refractivity contribution in [2.75, 3.05) is 5.75 Å². The van der Waals surface area contributed by atoms with Gasteiger partial charge in [0.05, 0.1) is 17.0 Å². The van der Waals surface area contributed by atoms with Crippen molar-refractivity contribution in [2.45, 2.75) is 18.5 Å². The van der Waals surface area contributed by atoms with Gasteiger partial charge in [-0.1, -0.05) is 0 Å². The Bertz CT molecular complexity index is 463. The van der Waals surface area contributed by atoms with Crippen LogP contribution in [0.25, 0.3) is 0 Å². The van der Waals surface area contributed by atoms with Crippen LogP contribution in [0.15, 0.2) is 5.03 Å². The summed E-state index contributed by atoms with van der Waals surface area (Å²) in [6.45, 7) is 2.20. The third-order valence-corrected chi connectivity index (χ3v) is 3.52. The zero-order chi connectivity index (χ0) is 11.2. The van der Waals surface area contributed by atoms with Crippen molar-refractivity contribution in [2.24, 2.45) is 0 Å². The Balaban J connectivity index is 2.74. The first-order valence-electron chi connectivity index (χ1n) is 4.32. The van der Waals surface area contributed by atoms with Crippen LogP contribution in [0.3, 0.4) is 0 Å². The van der Waals surface area contributed by atoms with Crippen LogP contribution in [0, 0.1) is 6.92 Å². The Morgan fingerprint density at radius 2 is 1.87 bits per heavy atom. The lowest BCUT2D eigenvalue weighted by atomic mass is 10.1. The lowest BCUT2D eigenvalue weighted by Crippen LogP contribution is -2.29. The molecule has 0 aliphatic carbocycles. The molecule has 0 bridgehead atoms. The lowest BCUT2D eigenvalue weighted by Gasteiger charge is -2.08. The summed E-state index contributed by atoms with van der Waals surface area (Å²) in [6, 6.07) is 0. The number of thioether (sulfide) groups is 1. The molecule has 0 aromatic carbocycles. The predicted octanol–water partition coefficient (Wildman–Crippen LogP) is -1.37. The van der Waals surface area contributed by atoms with Gasteiger partial charge in [-0.2, -0.15) is 0 Å². The number of fused-ring (bicyclic) bond motifs is 1. The van der Waals surface area contributed by atoms with E-state index in [9.17, 15) is 19.8 Å². The van der Waals surface area contributed by atoms with Gasteiger partial charge in [0, 0.05) is 29.1 Å². The summed E-state index contributed by atoms with van der Waals surface area (Å²) in [5.41, 5.74) is -0.0681. The summed E-state index contributed by atoms with van der Waals surface area (Å²) in [5.74, 6) is -2.17. The molecular weight excluding hydrogens is 218 g/mol. The Labute approximate surface area is 89.7 Å². The highest BCUT2D eigenvalue weighted by atomic mass is 32.2. The van der Waals surface area contributed by atoms with Crippen molar-refractivity contribution in [3.8, 4) is 0 Å². The molecule has 0 N–H and O–H groups in total. The van der Waals surface area contributed by atoms with E-state index in [1.165, 1.54) is 11.8 Å². The normalized spacial score (nSPS) is 13.9. The highest BCUT2D eigenvalue weighted by Gasteiger charge is 2.25. The molecule has 5 nitrogen and oxygen atoms in total. The maximum absolute atomic E-state index is 10.9. The molecule has 0 amide bonds. The summed E-state index contributed by atoms with van der Waals surface area (Å²) in [6.07, 6.45) is 0. The van der Waals surface area contributed by atoms with Crippen molar-refractivity contribution in [3.63, 3.8) is 0 Å². The van der Waals surface area contributed by atoms with Crippen LogP contribution < -0.4 is 10.2 Å². The summed E-state index contributed by atoms with van der Waals surface area (Å²) >= 11 is 1.33. The third-order valence-electron chi connectivity index (χ3n) is 2.44. The number of hydrogen-bond donors (Lipinski definition) is 0. The summed E-state index contributed by atoms with van der Waals surface area (Å²) < 4.78 is 1.68. The Morgan fingerprint density at radius 3 is 2.40 bits per heavy atom.